The number of nitrogens with zero attached hydrogens (tertiary/aromatic N) is 1. The molecule has 2 fully saturated rings. The number of Topliss-reactive ketones (excluding diaryl/α,β-unsaturated/α-hetero) is 1. The van der Waals surface area contributed by atoms with E-state index >= 15 is 0 Å². The van der Waals surface area contributed by atoms with Gasteiger partial charge in [-0.15, -0.1) is 11.3 Å². The standard InChI is InChI=1S/C21H28N2O5S/c1-14-10-20(2,3)13-21(11-14)18(26)23(19(27)22-21)12-17(25)28-8-4-6-15(24)16-7-5-9-29-16/h5,7,9,14H,4,6,8,10-13H2,1-3H3,(H,22,27)/t14-,21-/m0/s1. The van der Waals surface area contributed by atoms with Crippen LogP contribution in [0.15, 0.2) is 17.5 Å². The molecule has 3 amide bonds. The minimum atomic E-state index is -0.925. The van der Waals surface area contributed by atoms with Gasteiger partial charge in [0.2, 0.25) is 0 Å². The zero-order chi connectivity index (χ0) is 21.2. The molecule has 29 heavy (non-hydrogen) atoms. The van der Waals surface area contributed by atoms with Crippen molar-refractivity contribution >= 4 is 35.0 Å². The lowest BCUT2D eigenvalue weighted by Crippen LogP contribution is -2.54. The zero-order valence-corrected chi connectivity index (χ0v) is 18.0. The van der Waals surface area contributed by atoms with E-state index in [0.717, 1.165) is 11.3 Å². The van der Waals surface area contributed by atoms with Crippen LogP contribution in [0.1, 0.15) is 62.5 Å². The summed E-state index contributed by atoms with van der Waals surface area (Å²) < 4.78 is 5.14. The number of hydrogen-bond donors (Lipinski definition) is 1. The summed E-state index contributed by atoms with van der Waals surface area (Å²) in [5.74, 6) is -0.666. The molecule has 0 aromatic carbocycles. The third-order valence-electron chi connectivity index (χ3n) is 5.52. The zero-order valence-electron chi connectivity index (χ0n) is 17.2. The Morgan fingerprint density at radius 3 is 2.72 bits per heavy atom. The number of urea groups is 1. The first-order valence-corrected chi connectivity index (χ1v) is 10.9. The molecular weight excluding hydrogens is 392 g/mol. The van der Waals surface area contributed by atoms with Crippen LogP contribution in [0, 0.1) is 11.3 Å². The van der Waals surface area contributed by atoms with Crippen molar-refractivity contribution in [3.8, 4) is 0 Å². The Labute approximate surface area is 174 Å². The molecule has 2 atom stereocenters. The lowest BCUT2D eigenvalue weighted by atomic mass is 9.64. The maximum Gasteiger partial charge on any atom is 0.326 e. The van der Waals surface area contributed by atoms with Crippen molar-refractivity contribution in [2.24, 2.45) is 11.3 Å². The molecule has 0 bridgehead atoms. The Morgan fingerprint density at radius 2 is 2.07 bits per heavy atom. The minimum Gasteiger partial charge on any atom is -0.464 e. The molecule has 0 unspecified atom stereocenters. The molecule has 7 nitrogen and oxygen atoms in total. The molecule has 1 aliphatic carbocycles. The quantitative estimate of drug-likeness (QED) is 0.316. The first-order chi connectivity index (χ1) is 13.6. The van der Waals surface area contributed by atoms with Crippen molar-refractivity contribution in [1.29, 1.82) is 0 Å². The third-order valence-corrected chi connectivity index (χ3v) is 6.43. The van der Waals surface area contributed by atoms with E-state index in [2.05, 4.69) is 26.1 Å². The van der Waals surface area contributed by atoms with Gasteiger partial charge >= 0.3 is 12.0 Å². The molecular formula is C21H28N2O5S. The Bertz CT molecular complexity index is 804. The summed E-state index contributed by atoms with van der Waals surface area (Å²) in [4.78, 5) is 51.1. The van der Waals surface area contributed by atoms with Crippen LogP contribution in [-0.4, -0.2) is 47.3 Å². The Kier molecular flexibility index (Phi) is 6.12. The molecule has 0 radical (unpaired) electrons. The number of carbonyl (C=O) groups excluding carboxylic acids is 4. The van der Waals surface area contributed by atoms with E-state index in [0.29, 0.717) is 30.1 Å². The van der Waals surface area contributed by atoms with Crippen LogP contribution in [0.3, 0.4) is 0 Å². The van der Waals surface area contributed by atoms with Crippen LogP contribution in [0.5, 0.6) is 0 Å². The molecule has 1 aliphatic heterocycles. The summed E-state index contributed by atoms with van der Waals surface area (Å²) in [5, 5.41) is 4.68. The predicted molar refractivity (Wildman–Crippen MR) is 109 cm³/mol. The molecule has 3 rings (SSSR count). The van der Waals surface area contributed by atoms with Gasteiger partial charge in [0.1, 0.15) is 12.1 Å². The second-order valence-electron chi connectivity index (χ2n) is 8.98. The maximum atomic E-state index is 13.0. The van der Waals surface area contributed by atoms with Gasteiger partial charge in [0, 0.05) is 6.42 Å². The van der Waals surface area contributed by atoms with Crippen LogP contribution in [0.25, 0.3) is 0 Å². The highest BCUT2D eigenvalue weighted by Crippen LogP contribution is 2.46. The van der Waals surface area contributed by atoms with Crippen LogP contribution in [-0.2, 0) is 14.3 Å². The summed E-state index contributed by atoms with van der Waals surface area (Å²) in [7, 11) is 0. The van der Waals surface area contributed by atoms with Gasteiger partial charge in [0.15, 0.2) is 5.78 Å². The maximum absolute atomic E-state index is 13.0. The van der Waals surface area contributed by atoms with Crippen molar-refractivity contribution in [3.63, 3.8) is 0 Å². The van der Waals surface area contributed by atoms with E-state index < -0.39 is 24.1 Å². The van der Waals surface area contributed by atoms with Crippen LogP contribution in [0.2, 0.25) is 0 Å². The van der Waals surface area contributed by atoms with Crippen molar-refractivity contribution in [2.45, 2.75) is 58.4 Å². The SMILES string of the molecule is C[C@H]1CC(C)(C)C[C@]2(C1)NC(=O)N(CC(=O)OCCCC(=O)c1cccs1)C2=O. The number of carbonyl (C=O) groups is 4. The first kappa shape index (κ1) is 21.5. The number of esters is 1. The first-order valence-electron chi connectivity index (χ1n) is 9.98. The fourth-order valence-corrected chi connectivity index (χ4v) is 5.50. The van der Waals surface area contributed by atoms with Gasteiger partial charge in [-0.05, 0) is 48.5 Å². The van der Waals surface area contributed by atoms with Gasteiger partial charge in [-0.2, -0.15) is 0 Å². The second kappa shape index (κ2) is 8.26. The highest BCUT2D eigenvalue weighted by Gasteiger charge is 2.56. The van der Waals surface area contributed by atoms with E-state index in [4.69, 9.17) is 4.74 Å². The number of amides is 3. The number of thiophene rings is 1. The molecule has 1 saturated heterocycles. The highest BCUT2D eigenvalue weighted by molar-refractivity contribution is 7.12. The summed E-state index contributed by atoms with van der Waals surface area (Å²) in [6.45, 7) is 5.95. The lowest BCUT2D eigenvalue weighted by Gasteiger charge is -2.43. The number of rotatable bonds is 7. The molecule has 1 N–H and O–H groups in total. The fourth-order valence-electron chi connectivity index (χ4n) is 4.80. The molecule has 1 aromatic heterocycles. The van der Waals surface area contributed by atoms with Crippen molar-refractivity contribution < 1.29 is 23.9 Å². The number of ether oxygens (including phenoxy) is 1. The van der Waals surface area contributed by atoms with Crippen molar-refractivity contribution in [3.05, 3.63) is 22.4 Å². The smallest absolute Gasteiger partial charge is 0.326 e. The number of nitrogens with one attached hydrogen (secondary N) is 1. The topological polar surface area (TPSA) is 92.8 Å². The Hall–Kier alpha value is -2.22. The van der Waals surface area contributed by atoms with Gasteiger partial charge in [0.25, 0.3) is 5.91 Å². The van der Waals surface area contributed by atoms with Crippen molar-refractivity contribution in [2.75, 3.05) is 13.2 Å². The van der Waals surface area contributed by atoms with Gasteiger partial charge < -0.3 is 10.1 Å². The van der Waals surface area contributed by atoms with Crippen LogP contribution >= 0.6 is 11.3 Å². The largest absolute Gasteiger partial charge is 0.464 e. The van der Waals surface area contributed by atoms with Gasteiger partial charge in [-0.1, -0.05) is 26.8 Å². The summed E-state index contributed by atoms with van der Waals surface area (Å²) in [6.07, 6.45) is 2.82. The molecule has 1 spiro atoms. The molecule has 1 saturated carbocycles. The van der Waals surface area contributed by atoms with Crippen LogP contribution < -0.4 is 5.32 Å². The average Bonchev–Trinajstić information content (AvgIpc) is 3.21. The molecule has 8 heteroatoms. The Balaban J connectivity index is 1.49. The lowest BCUT2D eigenvalue weighted by molar-refractivity contribution is -0.148. The van der Waals surface area contributed by atoms with E-state index in [1.165, 1.54) is 11.3 Å². The van der Waals surface area contributed by atoms with Gasteiger partial charge in [0.05, 0.1) is 11.5 Å². The summed E-state index contributed by atoms with van der Waals surface area (Å²) in [5.41, 5.74) is -0.988. The highest BCUT2D eigenvalue weighted by atomic mass is 32.1. The number of ketones is 1. The number of hydrogen-bond acceptors (Lipinski definition) is 6. The van der Waals surface area contributed by atoms with E-state index in [1.807, 2.05) is 11.4 Å². The summed E-state index contributed by atoms with van der Waals surface area (Å²) in [6, 6.07) is 3.04. The fraction of sp³-hybridized carbons (Fsp3) is 0.619. The van der Waals surface area contributed by atoms with Crippen molar-refractivity contribution in [1.82, 2.24) is 10.2 Å². The minimum absolute atomic E-state index is 0.0149. The summed E-state index contributed by atoms with van der Waals surface area (Å²) >= 11 is 1.38. The third kappa shape index (κ3) is 4.86. The van der Waals surface area contributed by atoms with Crippen LogP contribution in [0.4, 0.5) is 4.79 Å². The molecule has 158 valence electrons. The van der Waals surface area contributed by atoms with E-state index in [-0.39, 0.29) is 30.1 Å². The Morgan fingerprint density at radius 1 is 1.31 bits per heavy atom. The number of imide groups is 1. The molecule has 2 heterocycles. The monoisotopic (exact) mass is 420 g/mol. The normalized spacial score (nSPS) is 25.9. The van der Waals surface area contributed by atoms with Gasteiger partial charge in [-0.3, -0.25) is 19.3 Å². The molecule has 2 aliphatic rings. The average molecular weight is 421 g/mol. The van der Waals surface area contributed by atoms with E-state index in [9.17, 15) is 19.2 Å². The predicted octanol–water partition coefficient (Wildman–Crippen LogP) is 3.39. The van der Waals surface area contributed by atoms with Gasteiger partial charge in [-0.25, -0.2) is 4.79 Å². The second-order valence-corrected chi connectivity index (χ2v) is 9.93. The molecule has 1 aromatic rings. The van der Waals surface area contributed by atoms with E-state index in [1.54, 1.807) is 6.07 Å².